The third-order valence-electron chi connectivity index (χ3n) is 3.68. The third kappa shape index (κ3) is 2.99. The maximum absolute atomic E-state index is 14.4. The summed E-state index contributed by atoms with van der Waals surface area (Å²) < 4.78 is 15.4. The molecule has 0 bridgehead atoms. The van der Waals surface area contributed by atoms with Crippen molar-refractivity contribution in [3.05, 3.63) is 82.2 Å². The lowest BCUT2D eigenvalue weighted by Crippen LogP contribution is -2.26. The predicted octanol–water partition coefficient (Wildman–Crippen LogP) is 5.77. The van der Waals surface area contributed by atoms with Crippen molar-refractivity contribution in [1.82, 2.24) is 5.32 Å². The van der Waals surface area contributed by atoms with Gasteiger partial charge in [0.2, 0.25) is 0 Å². The standard InChI is InChI=1S/C18H14BrFIN/c1-11-16(21)10-13(12-6-3-2-4-7-12)18(22-11)17-14(19)8-5-9-15(17)20/h2-9,16,22H,1,10H2. The first kappa shape index (κ1) is 15.7. The fourth-order valence-electron chi connectivity index (χ4n) is 2.57. The highest BCUT2D eigenvalue weighted by Gasteiger charge is 2.26. The van der Waals surface area contributed by atoms with E-state index in [9.17, 15) is 4.39 Å². The molecule has 0 saturated carbocycles. The van der Waals surface area contributed by atoms with E-state index in [0.29, 0.717) is 5.56 Å². The van der Waals surface area contributed by atoms with Crippen molar-refractivity contribution in [3.63, 3.8) is 0 Å². The number of hydrogen-bond donors (Lipinski definition) is 1. The average molecular weight is 470 g/mol. The third-order valence-corrected chi connectivity index (χ3v) is 5.54. The summed E-state index contributed by atoms with van der Waals surface area (Å²) in [5.74, 6) is -0.245. The van der Waals surface area contributed by atoms with Crippen LogP contribution in [-0.4, -0.2) is 3.92 Å². The topological polar surface area (TPSA) is 12.0 Å². The Balaban J connectivity index is 2.24. The maximum atomic E-state index is 14.4. The molecular formula is C18H14BrFIN. The summed E-state index contributed by atoms with van der Waals surface area (Å²) in [4.78, 5) is 0. The first-order valence-electron chi connectivity index (χ1n) is 6.90. The second kappa shape index (κ2) is 6.54. The largest absolute Gasteiger partial charge is 0.358 e. The van der Waals surface area contributed by atoms with Gasteiger partial charge in [-0.3, -0.25) is 0 Å². The van der Waals surface area contributed by atoms with Gasteiger partial charge in [0, 0.05) is 15.7 Å². The van der Waals surface area contributed by atoms with Crippen LogP contribution in [0.25, 0.3) is 11.3 Å². The van der Waals surface area contributed by atoms with Gasteiger partial charge in [-0.15, -0.1) is 0 Å². The lowest BCUT2D eigenvalue weighted by atomic mass is 9.92. The summed E-state index contributed by atoms with van der Waals surface area (Å²) in [6.45, 7) is 4.07. The highest BCUT2D eigenvalue weighted by atomic mass is 127. The van der Waals surface area contributed by atoms with Crippen LogP contribution >= 0.6 is 38.5 Å². The molecule has 1 atom stereocenters. The summed E-state index contributed by atoms with van der Waals surface area (Å²) in [5.41, 5.74) is 4.48. The van der Waals surface area contributed by atoms with E-state index in [1.54, 1.807) is 6.07 Å². The molecule has 0 amide bonds. The van der Waals surface area contributed by atoms with Crippen molar-refractivity contribution in [2.24, 2.45) is 0 Å². The van der Waals surface area contributed by atoms with E-state index in [0.717, 1.165) is 33.4 Å². The Bertz CT molecular complexity index is 735. The van der Waals surface area contributed by atoms with Gasteiger partial charge in [-0.05, 0) is 45.6 Å². The molecular weight excluding hydrogens is 456 g/mol. The Hall–Kier alpha value is -1.14. The molecule has 4 heteroatoms. The van der Waals surface area contributed by atoms with E-state index in [1.807, 2.05) is 24.3 Å². The Labute approximate surface area is 151 Å². The van der Waals surface area contributed by atoms with Gasteiger partial charge >= 0.3 is 0 Å². The zero-order valence-corrected chi connectivity index (χ0v) is 15.5. The first-order valence-corrected chi connectivity index (χ1v) is 8.94. The minimum Gasteiger partial charge on any atom is -0.358 e. The van der Waals surface area contributed by atoms with Gasteiger partial charge in [-0.2, -0.15) is 0 Å². The number of alkyl halides is 1. The second-order valence-corrected chi connectivity index (χ2v) is 7.50. The van der Waals surface area contributed by atoms with Gasteiger partial charge in [0.15, 0.2) is 0 Å². The second-order valence-electron chi connectivity index (χ2n) is 5.14. The molecule has 0 fully saturated rings. The molecule has 112 valence electrons. The predicted molar refractivity (Wildman–Crippen MR) is 102 cm³/mol. The van der Waals surface area contributed by atoms with Crippen LogP contribution in [0.5, 0.6) is 0 Å². The van der Waals surface area contributed by atoms with Crippen LogP contribution in [0.2, 0.25) is 0 Å². The fourth-order valence-corrected chi connectivity index (χ4v) is 3.71. The molecule has 2 aromatic rings. The number of rotatable bonds is 2. The van der Waals surface area contributed by atoms with Crippen molar-refractivity contribution in [2.75, 3.05) is 0 Å². The fraction of sp³-hybridized carbons (Fsp3) is 0.111. The minimum absolute atomic E-state index is 0.245. The summed E-state index contributed by atoms with van der Waals surface area (Å²) in [6, 6.07) is 15.1. The van der Waals surface area contributed by atoms with Crippen molar-refractivity contribution in [3.8, 4) is 0 Å². The van der Waals surface area contributed by atoms with Gasteiger partial charge in [0.05, 0.1) is 9.62 Å². The molecule has 1 aliphatic rings. The lowest BCUT2D eigenvalue weighted by molar-refractivity contribution is 0.621. The Morgan fingerprint density at radius 1 is 1.14 bits per heavy atom. The average Bonchev–Trinajstić information content (AvgIpc) is 2.51. The summed E-state index contributed by atoms with van der Waals surface area (Å²) >= 11 is 5.84. The minimum atomic E-state index is -0.245. The molecule has 0 aliphatic carbocycles. The number of halogens is 3. The molecule has 1 unspecified atom stereocenters. The summed E-state index contributed by atoms with van der Waals surface area (Å²) in [7, 11) is 0. The van der Waals surface area contributed by atoms with Crippen molar-refractivity contribution < 1.29 is 4.39 Å². The van der Waals surface area contributed by atoms with Crippen LogP contribution in [0.15, 0.2) is 65.3 Å². The Morgan fingerprint density at radius 2 is 1.86 bits per heavy atom. The Kier molecular flexibility index (Phi) is 4.68. The van der Waals surface area contributed by atoms with E-state index in [4.69, 9.17) is 0 Å². The molecule has 1 N–H and O–H groups in total. The van der Waals surface area contributed by atoms with Gasteiger partial charge in [-0.1, -0.05) is 65.6 Å². The molecule has 2 aromatic carbocycles. The van der Waals surface area contributed by atoms with Crippen LogP contribution in [0.4, 0.5) is 4.39 Å². The van der Waals surface area contributed by atoms with Crippen LogP contribution in [0.1, 0.15) is 17.5 Å². The SMILES string of the molecule is C=C1NC(c2c(F)cccc2Br)=C(c2ccccc2)CC1I. The molecule has 22 heavy (non-hydrogen) atoms. The van der Waals surface area contributed by atoms with Crippen LogP contribution in [0, 0.1) is 5.82 Å². The number of benzene rings is 2. The molecule has 0 saturated heterocycles. The van der Waals surface area contributed by atoms with Crippen LogP contribution < -0.4 is 5.32 Å². The highest BCUT2D eigenvalue weighted by Crippen LogP contribution is 2.39. The quantitative estimate of drug-likeness (QED) is 0.435. The zero-order chi connectivity index (χ0) is 15.7. The van der Waals surface area contributed by atoms with E-state index in [-0.39, 0.29) is 9.74 Å². The normalized spacial score (nSPS) is 18.3. The molecule has 1 aliphatic heterocycles. The number of hydrogen-bond acceptors (Lipinski definition) is 1. The molecule has 1 nitrogen and oxygen atoms in total. The molecule has 1 heterocycles. The highest BCUT2D eigenvalue weighted by molar-refractivity contribution is 14.1. The van der Waals surface area contributed by atoms with Crippen LogP contribution in [-0.2, 0) is 0 Å². The van der Waals surface area contributed by atoms with Crippen molar-refractivity contribution in [1.29, 1.82) is 0 Å². The summed E-state index contributed by atoms with van der Waals surface area (Å²) in [6.07, 6.45) is 0.826. The smallest absolute Gasteiger partial charge is 0.133 e. The number of allylic oxidation sites excluding steroid dienone is 2. The lowest BCUT2D eigenvalue weighted by Gasteiger charge is -2.29. The first-order chi connectivity index (χ1) is 10.6. The molecule has 0 aromatic heterocycles. The van der Waals surface area contributed by atoms with Gasteiger partial charge in [-0.25, -0.2) is 4.39 Å². The molecule has 0 spiro atoms. The van der Waals surface area contributed by atoms with Crippen molar-refractivity contribution in [2.45, 2.75) is 10.3 Å². The zero-order valence-electron chi connectivity index (χ0n) is 11.7. The van der Waals surface area contributed by atoms with E-state index >= 15 is 0 Å². The number of nitrogens with one attached hydrogen (secondary N) is 1. The van der Waals surface area contributed by atoms with Gasteiger partial charge in [0.1, 0.15) is 5.82 Å². The van der Waals surface area contributed by atoms with Crippen LogP contribution in [0.3, 0.4) is 0 Å². The monoisotopic (exact) mass is 469 g/mol. The van der Waals surface area contributed by atoms with Gasteiger partial charge < -0.3 is 5.32 Å². The van der Waals surface area contributed by atoms with E-state index in [2.05, 4.69) is 62.5 Å². The van der Waals surface area contributed by atoms with E-state index in [1.165, 1.54) is 6.07 Å². The van der Waals surface area contributed by atoms with E-state index < -0.39 is 0 Å². The summed E-state index contributed by atoms with van der Waals surface area (Å²) in [5, 5.41) is 3.32. The molecule has 0 radical (unpaired) electrons. The Morgan fingerprint density at radius 3 is 2.55 bits per heavy atom. The van der Waals surface area contributed by atoms with Gasteiger partial charge in [0.25, 0.3) is 0 Å². The van der Waals surface area contributed by atoms with Crippen molar-refractivity contribution >= 4 is 49.8 Å². The molecule has 3 rings (SSSR count). The maximum Gasteiger partial charge on any atom is 0.133 e.